The number of hydrogen-bond acceptors (Lipinski definition) is 3. The van der Waals surface area contributed by atoms with Crippen molar-refractivity contribution in [3.05, 3.63) is 96.3 Å². The number of benzene rings is 2. The van der Waals surface area contributed by atoms with Crippen LogP contribution in [0, 0.1) is 0 Å². The summed E-state index contributed by atoms with van der Waals surface area (Å²) in [6, 6.07) is 18.1. The summed E-state index contributed by atoms with van der Waals surface area (Å²) in [5.41, 5.74) is 9.92. The molecule has 25 heavy (non-hydrogen) atoms. The van der Waals surface area contributed by atoms with E-state index < -0.39 is 0 Å². The van der Waals surface area contributed by atoms with Crippen molar-refractivity contribution in [2.24, 2.45) is 0 Å². The van der Waals surface area contributed by atoms with Crippen LogP contribution in [0.3, 0.4) is 0 Å². The molecule has 0 saturated heterocycles. The molecular weight excluding hydrogens is 310 g/mol. The Morgan fingerprint density at radius 3 is 2.52 bits per heavy atom. The first kappa shape index (κ1) is 15.2. The van der Waals surface area contributed by atoms with E-state index in [9.17, 15) is 0 Å². The highest BCUT2D eigenvalue weighted by molar-refractivity contribution is 5.39. The fourth-order valence-electron chi connectivity index (χ4n) is 2.83. The molecule has 0 fully saturated rings. The number of anilines is 1. The Morgan fingerprint density at radius 2 is 1.72 bits per heavy atom. The molecule has 0 aliphatic carbocycles. The van der Waals surface area contributed by atoms with Crippen LogP contribution in [0.1, 0.15) is 17.0 Å². The van der Waals surface area contributed by atoms with Gasteiger partial charge in [0.25, 0.3) is 0 Å². The number of rotatable bonds is 5. The zero-order valence-corrected chi connectivity index (χ0v) is 13.8. The maximum absolute atomic E-state index is 5.75. The van der Waals surface area contributed by atoms with E-state index in [1.54, 1.807) is 0 Å². The Kier molecular flexibility index (Phi) is 4.04. The van der Waals surface area contributed by atoms with Crippen LogP contribution in [0.2, 0.25) is 0 Å². The normalized spacial score (nSPS) is 10.9. The van der Waals surface area contributed by atoms with E-state index in [4.69, 9.17) is 5.73 Å². The lowest BCUT2D eigenvalue weighted by Crippen LogP contribution is -2.05. The van der Waals surface area contributed by atoms with Crippen molar-refractivity contribution in [1.82, 2.24) is 19.3 Å². The second kappa shape index (κ2) is 6.65. The zero-order valence-electron chi connectivity index (χ0n) is 13.8. The van der Waals surface area contributed by atoms with Crippen LogP contribution in [0.25, 0.3) is 5.69 Å². The number of nitrogen functional groups attached to an aromatic ring is 1. The number of para-hydroxylation sites is 1. The molecule has 0 bridgehead atoms. The van der Waals surface area contributed by atoms with Gasteiger partial charge in [0.05, 0.1) is 11.9 Å². The topological polar surface area (TPSA) is 61.7 Å². The lowest BCUT2D eigenvalue weighted by atomic mass is 10.2. The second-order valence-electron chi connectivity index (χ2n) is 6.02. The Balaban J connectivity index is 1.51. The van der Waals surface area contributed by atoms with Gasteiger partial charge in [-0.2, -0.15) is 5.10 Å². The van der Waals surface area contributed by atoms with E-state index in [0.717, 1.165) is 35.7 Å². The maximum Gasteiger partial charge on any atom is 0.113 e. The van der Waals surface area contributed by atoms with Gasteiger partial charge in [0.2, 0.25) is 0 Å². The van der Waals surface area contributed by atoms with Crippen molar-refractivity contribution in [2.75, 3.05) is 5.73 Å². The molecule has 0 saturated carbocycles. The molecule has 2 aromatic heterocycles. The Labute approximate surface area is 146 Å². The summed E-state index contributed by atoms with van der Waals surface area (Å²) in [4.78, 5) is 4.51. The summed E-state index contributed by atoms with van der Waals surface area (Å²) in [5.74, 6) is 1.02. The molecule has 2 aromatic carbocycles. The van der Waals surface area contributed by atoms with E-state index in [-0.39, 0.29) is 0 Å². The van der Waals surface area contributed by atoms with Crippen molar-refractivity contribution in [3.8, 4) is 5.69 Å². The summed E-state index contributed by atoms with van der Waals surface area (Å²) in [5, 5.41) is 4.46. The van der Waals surface area contributed by atoms with Gasteiger partial charge in [0.15, 0.2) is 0 Å². The molecule has 0 unspecified atom stereocenters. The molecule has 0 spiro atoms. The van der Waals surface area contributed by atoms with Crippen LogP contribution in [0.5, 0.6) is 0 Å². The third kappa shape index (κ3) is 3.45. The minimum atomic E-state index is 0.745. The summed E-state index contributed by atoms with van der Waals surface area (Å²) in [6.07, 6.45) is 8.54. The van der Waals surface area contributed by atoms with Crippen molar-refractivity contribution < 1.29 is 0 Å². The summed E-state index contributed by atoms with van der Waals surface area (Å²) < 4.78 is 4.05. The largest absolute Gasteiger partial charge is 0.399 e. The van der Waals surface area contributed by atoms with Gasteiger partial charge < -0.3 is 10.3 Å². The van der Waals surface area contributed by atoms with E-state index in [1.165, 1.54) is 5.56 Å². The molecule has 4 aromatic rings. The zero-order chi connectivity index (χ0) is 17.1. The van der Waals surface area contributed by atoms with Crippen LogP contribution in [0.4, 0.5) is 5.69 Å². The minimum absolute atomic E-state index is 0.745. The number of nitrogens with zero attached hydrogens (tertiary/aromatic N) is 4. The molecule has 2 N–H and O–H groups in total. The minimum Gasteiger partial charge on any atom is -0.399 e. The quantitative estimate of drug-likeness (QED) is 0.572. The molecule has 0 radical (unpaired) electrons. The smallest absolute Gasteiger partial charge is 0.113 e. The standard InChI is InChI=1S/C20H19N5/c21-18-8-6-16(7-9-18)14-24-11-10-22-20(24)12-17-13-23-25(15-17)19-4-2-1-3-5-19/h1-11,13,15H,12,14,21H2. The van der Waals surface area contributed by atoms with Gasteiger partial charge in [0, 0.05) is 37.2 Å². The van der Waals surface area contributed by atoms with Gasteiger partial charge >= 0.3 is 0 Å². The Morgan fingerprint density at radius 1 is 0.920 bits per heavy atom. The van der Waals surface area contributed by atoms with Crippen molar-refractivity contribution in [1.29, 1.82) is 0 Å². The number of nitrogens with two attached hydrogens (primary N) is 1. The number of aromatic nitrogens is 4. The van der Waals surface area contributed by atoms with E-state index in [2.05, 4.69) is 20.8 Å². The molecule has 5 nitrogen and oxygen atoms in total. The average molecular weight is 329 g/mol. The molecule has 4 rings (SSSR count). The van der Waals surface area contributed by atoms with E-state index in [1.807, 2.05) is 77.9 Å². The first-order valence-corrected chi connectivity index (χ1v) is 8.21. The molecule has 2 heterocycles. The first-order valence-electron chi connectivity index (χ1n) is 8.21. The monoisotopic (exact) mass is 329 g/mol. The van der Waals surface area contributed by atoms with Gasteiger partial charge in [-0.25, -0.2) is 9.67 Å². The molecule has 0 amide bonds. The van der Waals surface area contributed by atoms with Crippen molar-refractivity contribution >= 4 is 5.69 Å². The summed E-state index contributed by atoms with van der Waals surface area (Å²) >= 11 is 0. The molecule has 0 aliphatic heterocycles. The van der Waals surface area contributed by atoms with Crippen molar-refractivity contribution in [3.63, 3.8) is 0 Å². The lowest BCUT2D eigenvalue weighted by Gasteiger charge is -2.07. The highest BCUT2D eigenvalue weighted by Gasteiger charge is 2.08. The first-order chi connectivity index (χ1) is 12.3. The van der Waals surface area contributed by atoms with Gasteiger partial charge in [-0.3, -0.25) is 0 Å². The Hall–Kier alpha value is -3.34. The van der Waals surface area contributed by atoms with Crippen LogP contribution >= 0.6 is 0 Å². The van der Waals surface area contributed by atoms with E-state index >= 15 is 0 Å². The summed E-state index contributed by atoms with van der Waals surface area (Å²) in [6.45, 7) is 0.780. The predicted octanol–water partition coefficient (Wildman–Crippen LogP) is 3.29. The highest BCUT2D eigenvalue weighted by Crippen LogP contribution is 2.13. The average Bonchev–Trinajstić information content (AvgIpc) is 3.28. The van der Waals surface area contributed by atoms with Crippen LogP contribution in [-0.2, 0) is 13.0 Å². The van der Waals surface area contributed by atoms with Crippen LogP contribution < -0.4 is 5.73 Å². The third-order valence-corrected chi connectivity index (χ3v) is 4.15. The SMILES string of the molecule is Nc1ccc(Cn2ccnc2Cc2cnn(-c3ccccc3)c2)cc1. The lowest BCUT2D eigenvalue weighted by molar-refractivity contribution is 0.740. The van der Waals surface area contributed by atoms with Gasteiger partial charge in [0.1, 0.15) is 5.82 Å². The Bertz CT molecular complexity index is 951. The summed E-state index contributed by atoms with van der Waals surface area (Å²) in [7, 11) is 0. The highest BCUT2D eigenvalue weighted by atomic mass is 15.3. The second-order valence-corrected chi connectivity index (χ2v) is 6.02. The fourth-order valence-corrected chi connectivity index (χ4v) is 2.83. The number of hydrogen-bond donors (Lipinski definition) is 1. The van der Waals surface area contributed by atoms with Crippen molar-refractivity contribution in [2.45, 2.75) is 13.0 Å². The molecule has 0 aliphatic rings. The number of imidazole rings is 1. The third-order valence-electron chi connectivity index (χ3n) is 4.15. The maximum atomic E-state index is 5.75. The fraction of sp³-hybridized carbons (Fsp3) is 0.100. The van der Waals surface area contributed by atoms with Gasteiger partial charge in [-0.15, -0.1) is 0 Å². The van der Waals surface area contributed by atoms with Gasteiger partial charge in [-0.05, 0) is 35.4 Å². The van der Waals surface area contributed by atoms with E-state index in [0.29, 0.717) is 0 Å². The molecule has 5 heteroatoms. The van der Waals surface area contributed by atoms with Gasteiger partial charge in [-0.1, -0.05) is 30.3 Å². The molecule has 0 atom stereocenters. The van der Waals surface area contributed by atoms with Crippen LogP contribution in [-0.4, -0.2) is 19.3 Å². The predicted molar refractivity (Wildman–Crippen MR) is 98.6 cm³/mol. The van der Waals surface area contributed by atoms with Crippen LogP contribution in [0.15, 0.2) is 79.4 Å². The molecule has 124 valence electrons. The molecular formula is C20H19N5.